The molecular weight excluding hydrogens is 354 g/mol. The van der Waals surface area contributed by atoms with Crippen molar-refractivity contribution >= 4 is 23.1 Å². The number of rotatable bonds is 5. The minimum Gasteiger partial charge on any atom is -0.394 e. The van der Waals surface area contributed by atoms with E-state index in [2.05, 4.69) is 31.1 Å². The fraction of sp³-hybridized carbons (Fsp3) is 0.550. The predicted octanol–water partition coefficient (Wildman–Crippen LogP) is 3.14. The van der Waals surface area contributed by atoms with Crippen LogP contribution < -0.4 is 10.2 Å². The van der Waals surface area contributed by atoms with Crippen LogP contribution in [0.4, 0.5) is 17.6 Å². The predicted molar refractivity (Wildman–Crippen MR) is 108 cm³/mol. The summed E-state index contributed by atoms with van der Waals surface area (Å²) >= 11 is 0. The minimum absolute atomic E-state index is 0.0892. The molecule has 1 unspecified atom stereocenters. The standard InChI is InChI=1S/C20H27N7O/c28-13-16-8-4-10-26(16)20-23-19(17-9-5-11-27(17)24-20)22-18-12-25(14-21-18)15-6-2-1-3-7-15/h5,9,11-12,14-16,28H,1-4,6-8,10,13H2,(H,22,23,24). The van der Waals surface area contributed by atoms with Crippen LogP contribution in [0.3, 0.4) is 0 Å². The molecule has 148 valence electrons. The molecule has 1 aliphatic heterocycles. The Labute approximate surface area is 164 Å². The summed E-state index contributed by atoms with van der Waals surface area (Å²) in [5.74, 6) is 2.19. The van der Waals surface area contributed by atoms with Crippen molar-refractivity contribution < 1.29 is 5.11 Å². The minimum atomic E-state index is 0.0892. The number of hydrogen-bond acceptors (Lipinski definition) is 6. The Morgan fingerprint density at radius 3 is 2.89 bits per heavy atom. The van der Waals surface area contributed by atoms with E-state index >= 15 is 0 Å². The summed E-state index contributed by atoms with van der Waals surface area (Å²) in [4.78, 5) is 11.5. The molecule has 0 spiro atoms. The lowest BCUT2D eigenvalue weighted by Crippen LogP contribution is -2.34. The van der Waals surface area contributed by atoms with Gasteiger partial charge in [-0.1, -0.05) is 19.3 Å². The van der Waals surface area contributed by atoms with Gasteiger partial charge in [-0.2, -0.15) is 4.98 Å². The van der Waals surface area contributed by atoms with Crippen molar-refractivity contribution in [3.05, 3.63) is 30.9 Å². The molecule has 2 N–H and O–H groups in total. The molecule has 3 aromatic heterocycles. The highest BCUT2D eigenvalue weighted by atomic mass is 16.3. The van der Waals surface area contributed by atoms with Gasteiger partial charge in [-0.25, -0.2) is 9.50 Å². The van der Waals surface area contributed by atoms with Crippen LogP contribution in [0.25, 0.3) is 5.52 Å². The lowest BCUT2D eigenvalue weighted by atomic mass is 9.95. The van der Waals surface area contributed by atoms with E-state index in [-0.39, 0.29) is 12.6 Å². The van der Waals surface area contributed by atoms with Crippen molar-refractivity contribution in [1.82, 2.24) is 24.1 Å². The van der Waals surface area contributed by atoms with Crippen molar-refractivity contribution in [2.75, 3.05) is 23.4 Å². The Morgan fingerprint density at radius 1 is 1.14 bits per heavy atom. The van der Waals surface area contributed by atoms with Gasteiger partial charge in [0, 0.05) is 25.0 Å². The molecule has 0 amide bonds. The number of aliphatic hydroxyl groups is 1. The molecule has 4 heterocycles. The number of nitrogens with zero attached hydrogens (tertiary/aromatic N) is 6. The molecule has 1 aliphatic carbocycles. The van der Waals surface area contributed by atoms with Gasteiger partial charge in [-0.05, 0) is 37.8 Å². The Kier molecular flexibility index (Phi) is 4.64. The maximum atomic E-state index is 9.67. The second-order valence-corrected chi connectivity index (χ2v) is 7.89. The molecule has 1 saturated heterocycles. The highest BCUT2D eigenvalue weighted by Crippen LogP contribution is 2.30. The Balaban J connectivity index is 1.44. The normalized spacial score (nSPS) is 20.9. The molecule has 2 aliphatic rings. The zero-order valence-electron chi connectivity index (χ0n) is 16.0. The van der Waals surface area contributed by atoms with Crippen LogP contribution in [0.2, 0.25) is 0 Å². The smallest absolute Gasteiger partial charge is 0.245 e. The van der Waals surface area contributed by atoms with E-state index in [9.17, 15) is 5.11 Å². The van der Waals surface area contributed by atoms with E-state index in [0.29, 0.717) is 12.0 Å². The fourth-order valence-corrected chi connectivity index (χ4v) is 4.53. The highest BCUT2D eigenvalue weighted by molar-refractivity contribution is 5.73. The van der Waals surface area contributed by atoms with Gasteiger partial charge < -0.3 is 19.9 Å². The van der Waals surface area contributed by atoms with Crippen molar-refractivity contribution in [3.8, 4) is 0 Å². The zero-order valence-corrected chi connectivity index (χ0v) is 16.0. The quantitative estimate of drug-likeness (QED) is 0.706. The third-order valence-corrected chi connectivity index (χ3v) is 6.07. The molecule has 8 nitrogen and oxygen atoms in total. The first-order valence-corrected chi connectivity index (χ1v) is 10.4. The first-order chi connectivity index (χ1) is 13.8. The van der Waals surface area contributed by atoms with Crippen molar-refractivity contribution in [2.24, 2.45) is 0 Å². The summed E-state index contributed by atoms with van der Waals surface area (Å²) in [6, 6.07) is 4.61. The van der Waals surface area contributed by atoms with Crippen molar-refractivity contribution in [3.63, 3.8) is 0 Å². The molecule has 1 saturated carbocycles. The summed E-state index contributed by atoms with van der Waals surface area (Å²) in [7, 11) is 0. The number of nitrogens with one attached hydrogen (secondary N) is 1. The van der Waals surface area contributed by atoms with Gasteiger partial charge in [-0.3, -0.25) is 0 Å². The van der Waals surface area contributed by atoms with Gasteiger partial charge >= 0.3 is 0 Å². The number of imidazole rings is 1. The van der Waals surface area contributed by atoms with Crippen LogP contribution in [-0.4, -0.2) is 48.4 Å². The van der Waals surface area contributed by atoms with E-state index in [1.807, 2.05) is 29.2 Å². The zero-order chi connectivity index (χ0) is 18.9. The summed E-state index contributed by atoms with van der Waals surface area (Å²) in [6.45, 7) is 0.995. The summed E-state index contributed by atoms with van der Waals surface area (Å²) < 4.78 is 4.08. The van der Waals surface area contributed by atoms with Crippen LogP contribution in [0.5, 0.6) is 0 Å². The van der Waals surface area contributed by atoms with Crippen LogP contribution in [-0.2, 0) is 0 Å². The molecule has 8 heteroatoms. The van der Waals surface area contributed by atoms with Crippen LogP contribution in [0.1, 0.15) is 51.0 Å². The van der Waals surface area contributed by atoms with E-state index in [0.717, 1.165) is 36.5 Å². The monoisotopic (exact) mass is 381 g/mol. The number of aliphatic hydroxyl groups excluding tert-OH is 1. The van der Waals surface area contributed by atoms with Gasteiger partial charge in [0.25, 0.3) is 0 Å². The molecule has 28 heavy (non-hydrogen) atoms. The van der Waals surface area contributed by atoms with Gasteiger partial charge in [-0.15, -0.1) is 5.10 Å². The lowest BCUT2D eigenvalue weighted by molar-refractivity contribution is 0.265. The first kappa shape index (κ1) is 17.5. The van der Waals surface area contributed by atoms with Gasteiger partial charge in [0.05, 0.1) is 19.0 Å². The first-order valence-electron chi connectivity index (χ1n) is 10.4. The third-order valence-electron chi connectivity index (χ3n) is 6.07. The van der Waals surface area contributed by atoms with Crippen LogP contribution >= 0.6 is 0 Å². The number of fused-ring (bicyclic) bond motifs is 1. The fourth-order valence-electron chi connectivity index (χ4n) is 4.53. The molecule has 1 atom stereocenters. The number of aromatic nitrogens is 5. The molecule has 0 bridgehead atoms. The second-order valence-electron chi connectivity index (χ2n) is 7.89. The Hall–Kier alpha value is -2.61. The van der Waals surface area contributed by atoms with Gasteiger partial charge in [0.15, 0.2) is 5.82 Å². The third kappa shape index (κ3) is 3.22. The summed E-state index contributed by atoms with van der Waals surface area (Å²) in [5.41, 5.74) is 0.913. The Morgan fingerprint density at radius 2 is 2.04 bits per heavy atom. The van der Waals surface area contributed by atoms with E-state index in [1.54, 1.807) is 0 Å². The van der Waals surface area contributed by atoms with Crippen molar-refractivity contribution in [2.45, 2.75) is 57.0 Å². The molecule has 3 aromatic rings. The van der Waals surface area contributed by atoms with E-state index < -0.39 is 0 Å². The number of hydrogen-bond donors (Lipinski definition) is 2. The molecule has 0 radical (unpaired) electrons. The molecule has 2 fully saturated rings. The van der Waals surface area contributed by atoms with Gasteiger partial charge in [0.2, 0.25) is 5.95 Å². The SMILES string of the molecule is OCC1CCCN1c1nc(Nc2cn(C3CCCCC3)cn2)c2cccn2n1. The topological polar surface area (TPSA) is 83.5 Å². The maximum Gasteiger partial charge on any atom is 0.245 e. The molecule has 0 aromatic carbocycles. The van der Waals surface area contributed by atoms with Crippen LogP contribution in [0.15, 0.2) is 30.9 Å². The molecule has 5 rings (SSSR count). The lowest BCUT2D eigenvalue weighted by Gasteiger charge is -2.23. The summed E-state index contributed by atoms with van der Waals surface area (Å²) in [6.07, 6.45) is 14.4. The average molecular weight is 381 g/mol. The van der Waals surface area contributed by atoms with Gasteiger partial charge in [0.1, 0.15) is 11.3 Å². The van der Waals surface area contributed by atoms with Crippen molar-refractivity contribution in [1.29, 1.82) is 0 Å². The molecular formula is C20H27N7O. The summed E-state index contributed by atoms with van der Waals surface area (Å²) in [5, 5.41) is 17.7. The van der Waals surface area contributed by atoms with Crippen LogP contribution in [0, 0.1) is 0 Å². The highest BCUT2D eigenvalue weighted by Gasteiger charge is 2.27. The average Bonchev–Trinajstić information content (AvgIpc) is 3.48. The Bertz CT molecular complexity index is 943. The number of anilines is 3. The van der Waals surface area contributed by atoms with E-state index in [4.69, 9.17) is 4.98 Å². The maximum absolute atomic E-state index is 9.67. The largest absolute Gasteiger partial charge is 0.394 e. The van der Waals surface area contributed by atoms with E-state index in [1.165, 1.54) is 32.1 Å². The second kappa shape index (κ2) is 7.43.